The lowest BCUT2D eigenvalue weighted by molar-refractivity contribution is 0.371. The lowest BCUT2D eigenvalue weighted by Crippen LogP contribution is -2.52. The highest BCUT2D eigenvalue weighted by atomic mass is 32.2. The van der Waals surface area contributed by atoms with Crippen molar-refractivity contribution in [1.82, 2.24) is 14.5 Å². The predicted molar refractivity (Wildman–Crippen MR) is 124 cm³/mol. The third-order valence-corrected chi connectivity index (χ3v) is 7.29. The number of ether oxygens (including phenoxy) is 1. The molecule has 1 aliphatic heterocycles. The van der Waals surface area contributed by atoms with Crippen LogP contribution in [-0.2, 0) is 16.6 Å². The zero-order valence-electron chi connectivity index (χ0n) is 18.6. The van der Waals surface area contributed by atoms with Gasteiger partial charge in [-0.1, -0.05) is 24.3 Å². The maximum absolute atomic E-state index is 12.6. The number of hydrogen-bond donors (Lipinski definition) is 1. The van der Waals surface area contributed by atoms with E-state index in [1.54, 1.807) is 40.4 Å². The summed E-state index contributed by atoms with van der Waals surface area (Å²) in [6, 6.07) is 15.1. The average molecular weight is 446 g/mol. The van der Waals surface area contributed by atoms with Gasteiger partial charge in [0.2, 0.25) is 10.0 Å². The van der Waals surface area contributed by atoms with Crippen molar-refractivity contribution < 1.29 is 13.2 Å². The van der Waals surface area contributed by atoms with Crippen LogP contribution in [0.1, 0.15) is 5.56 Å². The molecule has 9 heteroatoms. The van der Waals surface area contributed by atoms with Gasteiger partial charge < -0.3 is 19.9 Å². The summed E-state index contributed by atoms with van der Waals surface area (Å²) in [4.78, 5) is 9.24. The van der Waals surface area contributed by atoms with Crippen LogP contribution in [0.15, 0.2) is 58.4 Å². The molecular weight excluding hydrogens is 414 g/mol. The predicted octanol–water partition coefficient (Wildman–Crippen LogP) is 1.84. The smallest absolute Gasteiger partial charge is 0.242 e. The molecule has 3 rings (SSSR count). The summed E-state index contributed by atoms with van der Waals surface area (Å²) in [5, 5.41) is 3.33. The van der Waals surface area contributed by atoms with Gasteiger partial charge in [-0.15, -0.1) is 0 Å². The van der Waals surface area contributed by atoms with E-state index in [2.05, 4.69) is 26.2 Å². The zero-order chi connectivity index (χ0) is 22.4. The second-order valence-corrected chi connectivity index (χ2v) is 9.59. The van der Waals surface area contributed by atoms with Crippen molar-refractivity contribution in [3.8, 4) is 5.75 Å². The molecule has 8 nitrogen and oxygen atoms in total. The Morgan fingerprint density at radius 3 is 2.45 bits per heavy atom. The average Bonchev–Trinajstić information content (AvgIpc) is 2.80. The summed E-state index contributed by atoms with van der Waals surface area (Å²) >= 11 is 0. The molecule has 0 radical (unpaired) electrons. The summed E-state index contributed by atoms with van der Waals surface area (Å²) in [6.45, 7) is 3.73. The minimum Gasteiger partial charge on any atom is -0.497 e. The second-order valence-electron chi connectivity index (χ2n) is 7.47. The van der Waals surface area contributed by atoms with Gasteiger partial charge in [-0.3, -0.25) is 4.99 Å². The number of benzene rings is 2. The summed E-state index contributed by atoms with van der Waals surface area (Å²) in [5.74, 6) is 1.62. The number of anilines is 1. The molecule has 0 amide bonds. The zero-order valence-corrected chi connectivity index (χ0v) is 19.4. The topological polar surface area (TPSA) is 77.5 Å². The summed E-state index contributed by atoms with van der Waals surface area (Å²) in [5.41, 5.74) is 1.86. The van der Waals surface area contributed by atoms with Crippen LogP contribution in [0.25, 0.3) is 0 Å². The van der Waals surface area contributed by atoms with Crippen LogP contribution in [0, 0.1) is 0 Å². The van der Waals surface area contributed by atoms with Gasteiger partial charge in [-0.25, -0.2) is 12.7 Å². The molecule has 168 valence electrons. The van der Waals surface area contributed by atoms with Gasteiger partial charge in [0.1, 0.15) is 5.75 Å². The van der Waals surface area contributed by atoms with E-state index in [1.165, 1.54) is 4.31 Å². The van der Waals surface area contributed by atoms with E-state index in [0.29, 0.717) is 17.0 Å². The van der Waals surface area contributed by atoms with Crippen molar-refractivity contribution in [3.05, 3.63) is 54.1 Å². The van der Waals surface area contributed by atoms with Gasteiger partial charge in [0, 0.05) is 65.6 Å². The van der Waals surface area contributed by atoms with Gasteiger partial charge in [-0.2, -0.15) is 0 Å². The number of guanidine groups is 1. The first-order valence-electron chi connectivity index (χ1n) is 10.2. The molecular formula is C22H31N5O3S. The maximum atomic E-state index is 12.6. The van der Waals surface area contributed by atoms with Gasteiger partial charge in [0.05, 0.1) is 12.0 Å². The van der Waals surface area contributed by atoms with Crippen LogP contribution >= 0.6 is 0 Å². The Morgan fingerprint density at radius 2 is 1.81 bits per heavy atom. The van der Waals surface area contributed by atoms with E-state index in [1.807, 2.05) is 30.3 Å². The van der Waals surface area contributed by atoms with Gasteiger partial charge >= 0.3 is 0 Å². The molecule has 1 saturated heterocycles. The summed E-state index contributed by atoms with van der Waals surface area (Å²) in [7, 11) is 3.00. The van der Waals surface area contributed by atoms with Gasteiger partial charge in [0.15, 0.2) is 5.96 Å². The van der Waals surface area contributed by atoms with Crippen molar-refractivity contribution in [2.24, 2.45) is 4.99 Å². The molecule has 2 aromatic rings. The highest BCUT2D eigenvalue weighted by Gasteiger charge is 2.23. The lowest BCUT2D eigenvalue weighted by atomic mass is 10.2. The van der Waals surface area contributed by atoms with E-state index in [-0.39, 0.29) is 0 Å². The minimum absolute atomic E-state index is 0.311. The molecule has 0 saturated carbocycles. The number of piperazine rings is 1. The maximum Gasteiger partial charge on any atom is 0.242 e. The number of nitrogens with one attached hydrogen (secondary N) is 1. The van der Waals surface area contributed by atoms with Crippen LogP contribution in [0.2, 0.25) is 0 Å². The van der Waals surface area contributed by atoms with Crippen molar-refractivity contribution in [2.75, 3.05) is 59.3 Å². The number of methoxy groups -OCH3 is 1. The Morgan fingerprint density at radius 1 is 1.10 bits per heavy atom. The number of hydrogen-bond acceptors (Lipinski definition) is 5. The number of sulfonamides is 1. The molecule has 31 heavy (non-hydrogen) atoms. The first-order valence-corrected chi connectivity index (χ1v) is 11.7. The molecule has 0 unspecified atom stereocenters. The van der Waals surface area contributed by atoms with Crippen LogP contribution < -0.4 is 15.0 Å². The van der Waals surface area contributed by atoms with Crippen molar-refractivity contribution in [2.45, 2.75) is 11.4 Å². The number of rotatable bonds is 6. The molecule has 0 bridgehead atoms. The Labute approximate surface area is 185 Å². The van der Waals surface area contributed by atoms with Gasteiger partial charge in [-0.05, 0) is 23.8 Å². The highest BCUT2D eigenvalue weighted by molar-refractivity contribution is 7.89. The SMILES string of the molecule is CN=C(NCc1ccccc1S(=O)(=O)N(C)C)N1CCN(c2cccc(OC)c2)CC1. The van der Waals surface area contributed by atoms with E-state index in [0.717, 1.165) is 43.6 Å². The van der Waals surface area contributed by atoms with E-state index in [9.17, 15) is 8.42 Å². The molecule has 1 N–H and O–H groups in total. The molecule has 1 heterocycles. The van der Waals surface area contributed by atoms with E-state index < -0.39 is 10.0 Å². The standard InChI is InChI=1S/C22H31N5O3S/c1-23-22(24-17-18-8-5-6-11-21(18)31(28,29)25(2)3)27-14-12-26(13-15-27)19-9-7-10-20(16-19)30-4/h5-11,16H,12-15,17H2,1-4H3,(H,23,24). The molecule has 0 aliphatic carbocycles. The molecule has 0 spiro atoms. The fraction of sp³-hybridized carbons (Fsp3) is 0.409. The quantitative estimate of drug-likeness (QED) is 0.540. The van der Waals surface area contributed by atoms with Crippen molar-refractivity contribution in [1.29, 1.82) is 0 Å². The molecule has 1 aliphatic rings. The third kappa shape index (κ3) is 5.29. The minimum atomic E-state index is -3.51. The van der Waals surface area contributed by atoms with Crippen LogP contribution in [0.4, 0.5) is 5.69 Å². The monoisotopic (exact) mass is 445 g/mol. The largest absolute Gasteiger partial charge is 0.497 e. The Bertz CT molecular complexity index is 1020. The molecule has 0 aromatic heterocycles. The normalized spacial score (nSPS) is 15.3. The highest BCUT2D eigenvalue weighted by Crippen LogP contribution is 2.22. The first kappa shape index (κ1) is 22.9. The van der Waals surface area contributed by atoms with Crippen LogP contribution in [0.3, 0.4) is 0 Å². The summed E-state index contributed by atoms with van der Waals surface area (Å²) < 4.78 is 31.8. The van der Waals surface area contributed by atoms with Crippen molar-refractivity contribution >= 4 is 21.7 Å². The van der Waals surface area contributed by atoms with Crippen LogP contribution in [0.5, 0.6) is 5.75 Å². The van der Waals surface area contributed by atoms with E-state index >= 15 is 0 Å². The third-order valence-electron chi connectivity index (χ3n) is 5.38. The summed E-state index contributed by atoms with van der Waals surface area (Å²) in [6.07, 6.45) is 0. The second kappa shape index (κ2) is 10.0. The van der Waals surface area contributed by atoms with E-state index in [4.69, 9.17) is 4.74 Å². The first-order chi connectivity index (χ1) is 14.9. The van der Waals surface area contributed by atoms with Crippen LogP contribution in [-0.4, -0.2) is 78.0 Å². The Hall–Kier alpha value is -2.78. The van der Waals surface area contributed by atoms with Gasteiger partial charge in [0.25, 0.3) is 0 Å². The van der Waals surface area contributed by atoms with Crippen molar-refractivity contribution in [3.63, 3.8) is 0 Å². The molecule has 2 aromatic carbocycles. The Kier molecular flexibility index (Phi) is 7.40. The number of aliphatic imine (C=N–C) groups is 1. The fourth-order valence-corrected chi connectivity index (χ4v) is 4.70. The Balaban J connectivity index is 1.64. The fourth-order valence-electron chi connectivity index (χ4n) is 3.59. The molecule has 1 fully saturated rings. The lowest BCUT2D eigenvalue weighted by Gasteiger charge is -2.37. The number of nitrogens with zero attached hydrogens (tertiary/aromatic N) is 4. The molecule has 0 atom stereocenters.